The van der Waals surface area contributed by atoms with Crippen LogP contribution in [0.2, 0.25) is 0 Å². The maximum Gasteiger partial charge on any atom is 0.312 e. The lowest BCUT2D eigenvalue weighted by Crippen LogP contribution is -1.87. The zero-order chi connectivity index (χ0) is 10.3. The third kappa shape index (κ3) is 1.29. The molecule has 2 aromatic rings. The average molecular weight is 210 g/mol. The van der Waals surface area contributed by atoms with Gasteiger partial charge in [0, 0.05) is 12.1 Å². The third-order valence-corrected chi connectivity index (χ3v) is 2.72. The van der Waals surface area contributed by atoms with Crippen LogP contribution in [0.15, 0.2) is 12.1 Å². The van der Waals surface area contributed by atoms with Gasteiger partial charge in [0.05, 0.1) is 20.1 Å². The van der Waals surface area contributed by atoms with Crippen LogP contribution in [-0.2, 0) is 0 Å². The zero-order valence-electron chi connectivity index (χ0n) is 7.22. The van der Waals surface area contributed by atoms with Gasteiger partial charge in [-0.3, -0.25) is 10.1 Å². The highest BCUT2D eigenvalue weighted by Gasteiger charge is 2.15. The van der Waals surface area contributed by atoms with Crippen molar-refractivity contribution in [1.82, 2.24) is 4.98 Å². The van der Waals surface area contributed by atoms with Crippen LogP contribution in [0.1, 0.15) is 5.01 Å². The van der Waals surface area contributed by atoms with E-state index in [1.54, 1.807) is 0 Å². The van der Waals surface area contributed by atoms with Crippen molar-refractivity contribution < 1.29 is 10.0 Å². The molecule has 1 aromatic carbocycles. The van der Waals surface area contributed by atoms with Crippen molar-refractivity contribution in [2.24, 2.45) is 0 Å². The van der Waals surface area contributed by atoms with Crippen molar-refractivity contribution in [2.45, 2.75) is 6.92 Å². The third-order valence-electron chi connectivity index (χ3n) is 1.79. The van der Waals surface area contributed by atoms with Gasteiger partial charge in [-0.1, -0.05) is 0 Å². The summed E-state index contributed by atoms with van der Waals surface area (Å²) in [6.45, 7) is 1.81. The van der Waals surface area contributed by atoms with Crippen molar-refractivity contribution >= 4 is 27.2 Å². The first kappa shape index (κ1) is 8.89. The van der Waals surface area contributed by atoms with E-state index in [1.165, 1.54) is 23.5 Å². The highest BCUT2D eigenvalue weighted by molar-refractivity contribution is 7.18. The van der Waals surface area contributed by atoms with Crippen LogP contribution >= 0.6 is 11.3 Å². The summed E-state index contributed by atoms with van der Waals surface area (Å²) in [5.41, 5.74) is 0.316. The molecule has 0 fully saturated rings. The number of phenolic OH excluding ortho intramolecular Hbond substituents is 1. The Morgan fingerprint density at radius 2 is 2.29 bits per heavy atom. The lowest BCUT2D eigenvalue weighted by Gasteiger charge is -1.94. The summed E-state index contributed by atoms with van der Waals surface area (Å²) in [4.78, 5) is 14.0. The molecule has 0 atom stereocenters. The Hall–Kier alpha value is -1.69. The van der Waals surface area contributed by atoms with Crippen molar-refractivity contribution in [1.29, 1.82) is 0 Å². The lowest BCUT2D eigenvalue weighted by atomic mass is 10.3. The number of rotatable bonds is 1. The zero-order valence-corrected chi connectivity index (χ0v) is 8.04. The second-order valence-corrected chi connectivity index (χ2v) is 4.03. The molecular weight excluding hydrogens is 204 g/mol. The number of phenols is 1. The highest BCUT2D eigenvalue weighted by atomic mass is 32.1. The van der Waals surface area contributed by atoms with Crippen molar-refractivity contribution in [3.05, 3.63) is 27.3 Å². The molecule has 0 saturated heterocycles. The predicted octanol–water partition coefficient (Wildman–Crippen LogP) is 2.22. The fourth-order valence-electron chi connectivity index (χ4n) is 1.21. The van der Waals surface area contributed by atoms with E-state index in [4.69, 9.17) is 0 Å². The summed E-state index contributed by atoms with van der Waals surface area (Å²) in [5.74, 6) is -0.340. The van der Waals surface area contributed by atoms with Gasteiger partial charge in [-0.2, -0.15) is 0 Å². The summed E-state index contributed by atoms with van der Waals surface area (Å²) in [5, 5.41) is 20.6. The fourth-order valence-corrected chi connectivity index (χ4v) is 2.06. The molecule has 1 N–H and O–H groups in total. The number of thiazole rings is 1. The number of hydrogen-bond acceptors (Lipinski definition) is 5. The lowest BCUT2D eigenvalue weighted by molar-refractivity contribution is -0.385. The molecule has 0 aliphatic heterocycles. The van der Waals surface area contributed by atoms with E-state index >= 15 is 0 Å². The molecule has 0 amide bonds. The minimum absolute atomic E-state index is 0.277. The number of benzene rings is 1. The van der Waals surface area contributed by atoms with Gasteiger partial charge in [0.2, 0.25) is 0 Å². The average Bonchev–Trinajstić information content (AvgIpc) is 2.42. The maximum absolute atomic E-state index is 10.5. The van der Waals surface area contributed by atoms with E-state index in [1.807, 2.05) is 6.92 Å². The van der Waals surface area contributed by atoms with E-state index in [-0.39, 0.29) is 11.4 Å². The van der Waals surface area contributed by atoms with E-state index in [2.05, 4.69) is 4.98 Å². The molecule has 1 aromatic heterocycles. The topological polar surface area (TPSA) is 76.3 Å². The Balaban J connectivity index is 2.76. The molecular formula is C8H6N2O3S. The normalized spacial score (nSPS) is 10.6. The van der Waals surface area contributed by atoms with Crippen LogP contribution in [0.5, 0.6) is 5.75 Å². The molecule has 0 aliphatic carbocycles. The standard InChI is InChI=1S/C8H6N2O3S/c1-4-9-5-2-7(11)6(10(12)13)3-8(5)14-4/h2-3,11H,1H3. The molecule has 2 rings (SSSR count). The van der Waals surface area contributed by atoms with Gasteiger partial charge in [0.25, 0.3) is 0 Å². The molecule has 0 unspecified atom stereocenters. The van der Waals surface area contributed by atoms with Gasteiger partial charge in [0.1, 0.15) is 0 Å². The molecule has 5 nitrogen and oxygen atoms in total. The number of fused-ring (bicyclic) bond motifs is 1. The maximum atomic E-state index is 10.5. The van der Waals surface area contributed by atoms with Gasteiger partial charge in [0.15, 0.2) is 5.75 Å². The number of aromatic hydroxyl groups is 1. The minimum Gasteiger partial charge on any atom is -0.502 e. The van der Waals surface area contributed by atoms with Crippen molar-refractivity contribution in [3.8, 4) is 5.75 Å². The Bertz CT molecular complexity index is 521. The Kier molecular flexibility index (Phi) is 1.85. The number of aryl methyl sites for hydroxylation is 1. The van der Waals surface area contributed by atoms with Crippen LogP contribution in [0.25, 0.3) is 10.2 Å². The SMILES string of the molecule is Cc1nc2cc(O)c([N+](=O)[O-])cc2s1. The first-order valence-electron chi connectivity index (χ1n) is 3.82. The minimum atomic E-state index is -0.607. The van der Waals surface area contributed by atoms with Crippen LogP contribution in [0.4, 0.5) is 5.69 Å². The number of nitro benzene ring substituents is 1. The first-order chi connectivity index (χ1) is 6.58. The largest absolute Gasteiger partial charge is 0.502 e. The number of hydrogen-bond donors (Lipinski definition) is 1. The molecule has 14 heavy (non-hydrogen) atoms. The Morgan fingerprint density at radius 3 is 2.93 bits per heavy atom. The van der Waals surface area contributed by atoms with Gasteiger partial charge in [-0.05, 0) is 6.92 Å². The number of nitrogens with zero attached hydrogens (tertiary/aromatic N) is 2. The fraction of sp³-hybridized carbons (Fsp3) is 0.125. The highest BCUT2D eigenvalue weighted by Crippen LogP contribution is 2.33. The molecule has 1 heterocycles. The van der Waals surface area contributed by atoms with Gasteiger partial charge >= 0.3 is 5.69 Å². The van der Waals surface area contributed by atoms with Gasteiger partial charge in [-0.15, -0.1) is 11.3 Å². The number of nitro groups is 1. The second-order valence-electron chi connectivity index (χ2n) is 2.80. The molecule has 0 aliphatic rings. The smallest absolute Gasteiger partial charge is 0.312 e. The molecule has 0 radical (unpaired) electrons. The van der Waals surface area contributed by atoms with Crippen molar-refractivity contribution in [3.63, 3.8) is 0 Å². The summed E-state index contributed by atoms with van der Waals surface area (Å²) in [6.07, 6.45) is 0. The number of aromatic nitrogens is 1. The van der Waals surface area contributed by atoms with Crippen LogP contribution in [-0.4, -0.2) is 15.0 Å². The summed E-state index contributed by atoms with van der Waals surface area (Å²) < 4.78 is 0.715. The van der Waals surface area contributed by atoms with E-state index in [0.717, 1.165) is 5.01 Å². The van der Waals surface area contributed by atoms with Crippen LogP contribution in [0, 0.1) is 17.0 Å². The molecule has 6 heteroatoms. The molecule has 0 spiro atoms. The van der Waals surface area contributed by atoms with Crippen LogP contribution in [0.3, 0.4) is 0 Å². The predicted molar refractivity (Wildman–Crippen MR) is 52.7 cm³/mol. The summed E-state index contributed by atoms with van der Waals surface area (Å²) in [6, 6.07) is 2.66. The molecule has 0 bridgehead atoms. The van der Waals surface area contributed by atoms with E-state index in [9.17, 15) is 15.2 Å². The Labute approximate surface area is 82.8 Å². The monoisotopic (exact) mass is 210 g/mol. The quantitative estimate of drug-likeness (QED) is 0.578. The summed E-state index contributed by atoms with van der Waals surface area (Å²) >= 11 is 1.37. The summed E-state index contributed by atoms with van der Waals surface area (Å²) in [7, 11) is 0. The van der Waals surface area contributed by atoms with Crippen LogP contribution < -0.4 is 0 Å². The second kappa shape index (κ2) is 2.91. The van der Waals surface area contributed by atoms with E-state index < -0.39 is 4.92 Å². The Morgan fingerprint density at radius 1 is 1.57 bits per heavy atom. The van der Waals surface area contributed by atoms with E-state index in [0.29, 0.717) is 10.2 Å². The molecule has 72 valence electrons. The van der Waals surface area contributed by atoms with Crippen molar-refractivity contribution in [2.75, 3.05) is 0 Å². The van der Waals surface area contributed by atoms with Gasteiger partial charge in [-0.25, -0.2) is 4.98 Å². The van der Waals surface area contributed by atoms with Gasteiger partial charge < -0.3 is 5.11 Å². The molecule has 0 saturated carbocycles. The first-order valence-corrected chi connectivity index (χ1v) is 4.64.